The van der Waals surface area contributed by atoms with Gasteiger partial charge in [0.1, 0.15) is 0 Å². The van der Waals surface area contributed by atoms with Gasteiger partial charge in [0.05, 0.1) is 64.0 Å². The summed E-state index contributed by atoms with van der Waals surface area (Å²) >= 11 is 0. The number of amides is 3. The van der Waals surface area contributed by atoms with E-state index in [9.17, 15) is 30.0 Å². The van der Waals surface area contributed by atoms with Gasteiger partial charge in [0.2, 0.25) is 35.0 Å². The molecule has 53 heavy (non-hydrogen) atoms. The number of rotatable bonds is 12. The molecular weight excluding hydrogens is 762 g/mol. The molecule has 3 aromatic carbocycles. The normalized spacial score (nSPS) is 8.60. The predicted molar refractivity (Wildman–Crippen MR) is 185 cm³/mol. The Labute approximate surface area is 314 Å². The van der Waals surface area contributed by atoms with Gasteiger partial charge in [-0.1, -0.05) is 0 Å². The van der Waals surface area contributed by atoms with Crippen LogP contribution in [0.15, 0.2) is 36.4 Å². The number of methoxy groups -OCH3 is 9. The predicted octanol–water partition coefficient (Wildman–Crippen LogP) is -0.481. The molecule has 0 unspecified atom stereocenters. The summed E-state index contributed by atoms with van der Waals surface area (Å²) in [6.45, 7) is 0. The number of ether oxygens (including phenoxy) is 9. The average molecular weight is 807 g/mol. The second-order valence-electron chi connectivity index (χ2n) is 8.54. The fraction of sp³-hybridized carbons (Fsp3) is 0.300. The standard InChI is InChI=1S/3C10H12NO5.Fe.4H2O/c3*1-14-7-4-6(10(12)11-13)5-8(15-2)9(7)16-3;;;;;/h3*4-5H,1-3H3,(H-,11,12,13);;4*1H2/q3*-1;+3;;;;. The molecule has 0 aliphatic heterocycles. The number of hydrogen-bond donors (Lipinski definition) is 3. The van der Waals surface area contributed by atoms with Crippen LogP contribution in [0.1, 0.15) is 31.1 Å². The van der Waals surface area contributed by atoms with Gasteiger partial charge in [0.25, 0.3) is 0 Å². The number of nitrogens with one attached hydrogen (secondary N) is 3. The molecule has 23 heteroatoms. The zero-order valence-corrected chi connectivity index (χ0v) is 31.0. The van der Waals surface area contributed by atoms with E-state index in [1.807, 2.05) is 0 Å². The molecule has 0 bridgehead atoms. The van der Waals surface area contributed by atoms with Gasteiger partial charge in [-0.3, -0.25) is 14.4 Å². The Morgan fingerprint density at radius 3 is 0.623 bits per heavy atom. The third kappa shape index (κ3) is 14.9. The van der Waals surface area contributed by atoms with E-state index >= 15 is 0 Å². The van der Waals surface area contributed by atoms with Crippen LogP contribution < -0.4 is 59.1 Å². The molecule has 3 aromatic rings. The smallest absolute Gasteiger partial charge is 0.759 e. The topological polar surface area (TPSA) is 366 Å². The van der Waals surface area contributed by atoms with E-state index < -0.39 is 17.7 Å². The maximum Gasteiger partial charge on any atom is 3.00 e. The van der Waals surface area contributed by atoms with Crippen molar-refractivity contribution in [3.8, 4) is 51.7 Å². The van der Waals surface area contributed by atoms with Gasteiger partial charge in [0.15, 0.2) is 34.5 Å². The summed E-state index contributed by atoms with van der Waals surface area (Å²) in [6.07, 6.45) is 0. The first-order valence-electron chi connectivity index (χ1n) is 13.2. The van der Waals surface area contributed by atoms with Crippen LogP contribution in [0.25, 0.3) is 0 Å². The molecule has 0 saturated heterocycles. The monoisotopic (exact) mass is 806 g/mol. The van der Waals surface area contributed by atoms with E-state index in [0.29, 0.717) is 51.7 Å². The molecule has 0 aliphatic carbocycles. The molecule has 0 aromatic heterocycles. The molecule has 11 N–H and O–H groups in total. The third-order valence-corrected chi connectivity index (χ3v) is 6.06. The van der Waals surface area contributed by atoms with Crippen LogP contribution in [-0.2, 0) is 17.1 Å². The maximum atomic E-state index is 11.2. The second kappa shape index (κ2) is 29.1. The van der Waals surface area contributed by atoms with Crippen molar-refractivity contribution in [2.45, 2.75) is 0 Å². The Morgan fingerprint density at radius 1 is 0.377 bits per heavy atom. The fourth-order valence-corrected chi connectivity index (χ4v) is 3.81. The van der Waals surface area contributed by atoms with Crippen molar-refractivity contribution in [3.63, 3.8) is 0 Å². The minimum Gasteiger partial charge on any atom is -0.759 e. The summed E-state index contributed by atoms with van der Waals surface area (Å²) in [5, 5.41) is 30.8. The molecule has 0 heterocycles. The Kier molecular flexibility index (Phi) is 31.3. The third-order valence-electron chi connectivity index (χ3n) is 6.06. The minimum atomic E-state index is -0.765. The van der Waals surface area contributed by atoms with Crippen LogP contribution in [0.2, 0.25) is 0 Å². The van der Waals surface area contributed by atoms with Gasteiger partial charge >= 0.3 is 17.1 Å². The maximum absolute atomic E-state index is 11.2. The fourth-order valence-electron chi connectivity index (χ4n) is 3.81. The van der Waals surface area contributed by atoms with E-state index in [0.717, 1.165) is 0 Å². The van der Waals surface area contributed by atoms with Crippen LogP contribution in [0.4, 0.5) is 0 Å². The summed E-state index contributed by atoms with van der Waals surface area (Å²) in [5.74, 6) is 0.729. The Bertz CT molecular complexity index is 1290. The van der Waals surface area contributed by atoms with Crippen LogP contribution in [0.3, 0.4) is 0 Å². The molecule has 0 aliphatic rings. The van der Waals surface area contributed by atoms with Gasteiger partial charge in [-0.05, 0) is 36.4 Å². The first-order valence-corrected chi connectivity index (χ1v) is 13.2. The Balaban J connectivity index is -0.000000208. The van der Waals surface area contributed by atoms with Crippen LogP contribution in [-0.4, -0.2) is 104 Å². The van der Waals surface area contributed by atoms with E-state index in [-0.39, 0.29) is 55.7 Å². The molecule has 0 fully saturated rings. The molecule has 22 nitrogen and oxygen atoms in total. The largest absolute Gasteiger partial charge is 3.00 e. The van der Waals surface area contributed by atoms with Gasteiger partial charge in [0, 0.05) is 16.7 Å². The summed E-state index contributed by atoms with van der Waals surface area (Å²) in [4.78, 5) is 33.5. The van der Waals surface area contributed by atoms with E-state index in [1.54, 1.807) is 0 Å². The first-order chi connectivity index (χ1) is 23.0. The van der Waals surface area contributed by atoms with Crippen molar-refractivity contribution < 1.29 is 96.0 Å². The van der Waals surface area contributed by atoms with Gasteiger partial charge < -0.3 is 96.6 Å². The summed E-state index contributed by atoms with van der Waals surface area (Å²) < 4.78 is 45.4. The van der Waals surface area contributed by atoms with Crippen LogP contribution >= 0.6 is 0 Å². The molecule has 301 valence electrons. The zero-order chi connectivity index (χ0) is 36.4. The molecule has 3 rings (SSSR count). The number of benzene rings is 3. The Hall–Kier alpha value is -5.49. The molecule has 0 saturated carbocycles. The summed E-state index contributed by atoms with van der Waals surface area (Å²) in [6, 6.07) is 8.38. The van der Waals surface area contributed by atoms with Crippen molar-refractivity contribution >= 4 is 17.7 Å². The van der Waals surface area contributed by atoms with E-state index in [4.69, 9.17) is 42.6 Å². The van der Waals surface area contributed by atoms with Gasteiger partial charge in [-0.25, -0.2) is 0 Å². The van der Waals surface area contributed by atoms with Gasteiger partial charge in [-0.15, -0.1) is 0 Å². The van der Waals surface area contributed by atoms with Crippen molar-refractivity contribution in [2.24, 2.45) is 0 Å². The number of carbonyl (C=O) groups excluding carboxylic acids is 3. The SMILES string of the molecule is COc1cc(C(=O)N[O-])cc(OC)c1OC.COc1cc(C(=O)N[O-])cc(OC)c1OC.COc1cc(C(=O)N[O-])cc(OC)c1OC.O.O.O.O.[Fe+3]. The number of hydrogen-bond acceptors (Lipinski definition) is 15. The molecule has 0 spiro atoms. The average Bonchev–Trinajstić information content (AvgIpc) is 3.14. The van der Waals surface area contributed by atoms with Crippen molar-refractivity contribution in [1.29, 1.82) is 0 Å². The minimum absolute atomic E-state index is 0. The van der Waals surface area contributed by atoms with Crippen molar-refractivity contribution in [3.05, 3.63) is 68.7 Å². The van der Waals surface area contributed by atoms with E-state index in [1.165, 1.54) is 117 Å². The van der Waals surface area contributed by atoms with E-state index in [2.05, 4.69) is 0 Å². The molecular formula is C30H44FeN3O19. The quantitative estimate of drug-likeness (QED) is 0.154. The second-order valence-corrected chi connectivity index (χ2v) is 8.54. The summed E-state index contributed by atoms with van der Waals surface area (Å²) in [5.41, 5.74) is 4.27. The molecule has 3 amide bonds. The Morgan fingerprint density at radius 2 is 0.528 bits per heavy atom. The van der Waals surface area contributed by atoms with Gasteiger partial charge in [-0.2, -0.15) is 0 Å². The number of hydroxylamine groups is 3. The summed E-state index contributed by atoms with van der Waals surface area (Å²) in [7, 11) is 12.9. The van der Waals surface area contributed by atoms with Crippen molar-refractivity contribution in [2.75, 3.05) is 64.0 Å². The zero-order valence-electron chi connectivity index (χ0n) is 29.9. The first kappa shape index (κ1) is 56.9. The molecule has 1 radical (unpaired) electrons. The van der Waals surface area contributed by atoms with Crippen LogP contribution in [0, 0.1) is 15.6 Å². The molecule has 0 atom stereocenters. The van der Waals surface area contributed by atoms with Crippen LogP contribution in [0.5, 0.6) is 51.7 Å². The number of carbonyl (C=O) groups is 3. The van der Waals surface area contributed by atoms with Crippen molar-refractivity contribution in [1.82, 2.24) is 16.4 Å².